The van der Waals surface area contributed by atoms with E-state index in [1.54, 1.807) is 0 Å². The van der Waals surface area contributed by atoms with E-state index in [0.29, 0.717) is 12.0 Å². The van der Waals surface area contributed by atoms with Crippen LogP contribution >= 0.6 is 12.2 Å². The van der Waals surface area contributed by atoms with Gasteiger partial charge in [0.2, 0.25) is 0 Å². The van der Waals surface area contributed by atoms with Gasteiger partial charge < -0.3 is 4.98 Å². The summed E-state index contributed by atoms with van der Waals surface area (Å²) >= 11 is 5.54. The molecule has 0 bridgehead atoms. The standard InChI is InChI=1S/C15H21N3S/c1-9-5-4-6-13(11(9)3)18-14-12(17-15(18)19)8-7-10(2)16-14/h7-9,11,13H,4-6H2,1-3H3,(H,17,19). The number of hydrogen-bond acceptors (Lipinski definition) is 2. The Kier molecular flexibility index (Phi) is 3.21. The highest BCUT2D eigenvalue weighted by molar-refractivity contribution is 7.71. The zero-order valence-electron chi connectivity index (χ0n) is 11.8. The number of imidazole rings is 1. The maximum Gasteiger partial charge on any atom is 0.179 e. The molecule has 3 atom stereocenters. The van der Waals surface area contributed by atoms with Crippen LogP contribution in [0.4, 0.5) is 0 Å². The SMILES string of the molecule is Cc1ccc2[nH]c(=S)n(C3CCCC(C)C3C)c2n1. The lowest BCUT2D eigenvalue weighted by Gasteiger charge is -2.35. The first-order valence-electron chi connectivity index (χ1n) is 7.16. The van der Waals surface area contributed by atoms with Crippen LogP contribution in [-0.4, -0.2) is 14.5 Å². The van der Waals surface area contributed by atoms with Crippen molar-refractivity contribution in [2.45, 2.75) is 46.1 Å². The molecule has 102 valence electrons. The predicted molar refractivity (Wildman–Crippen MR) is 80.9 cm³/mol. The molecule has 0 aromatic carbocycles. The first-order valence-corrected chi connectivity index (χ1v) is 7.56. The highest BCUT2D eigenvalue weighted by Gasteiger charge is 2.30. The minimum atomic E-state index is 0.485. The zero-order chi connectivity index (χ0) is 13.6. The summed E-state index contributed by atoms with van der Waals surface area (Å²) in [5.74, 6) is 1.41. The van der Waals surface area contributed by atoms with Gasteiger partial charge in [-0.3, -0.25) is 4.57 Å². The van der Waals surface area contributed by atoms with Gasteiger partial charge in [0.05, 0.1) is 5.52 Å². The predicted octanol–water partition coefficient (Wildman–Crippen LogP) is 4.40. The number of aromatic nitrogens is 3. The van der Waals surface area contributed by atoms with E-state index < -0.39 is 0 Å². The lowest BCUT2D eigenvalue weighted by Crippen LogP contribution is -2.27. The van der Waals surface area contributed by atoms with Crippen molar-refractivity contribution in [1.82, 2.24) is 14.5 Å². The van der Waals surface area contributed by atoms with Crippen molar-refractivity contribution in [3.05, 3.63) is 22.6 Å². The molecule has 1 aliphatic rings. The molecule has 3 rings (SSSR count). The third kappa shape index (κ3) is 2.12. The fourth-order valence-corrected chi connectivity index (χ4v) is 3.65. The number of rotatable bonds is 1. The molecular weight excluding hydrogens is 254 g/mol. The fraction of sp³-hybridized carbons (Fsp3) is 0.600. The smallest absolute Gasteiger partial charge is 0.179 e. The van der Waals surface area contributed by atoms with Crippen molar-refractivity contribution < 1.29 is 0 Å². The van der Waals surface area contributed by atoms with Crippen LogP contribution in [0.15, 0.2) is 12.1 Å². The number of pyridine rings is 1. The Labute approximate surface area is 119 Å². The van der Waals surface area contributed by atoms with Crippen LogP contribution in [0.1, 0.15) is 44.8 Å². The zero-order valence-corrected chi connectivity index (χ0v) is 12.6. The number of aromatic amines is 1. The molecule has 1 saturated carbocycles. The Morgan fingerprint density at radius 3 is 2.89 bits per heavy atom. The molecule has 1 fully saturated rings. The molecule has 1 N–H and O–H groups in total. The molecule has 0 spiro atoms. The Morgan fingerprint density at radius 2 is 2.11 bits per heavy atom. The molecule has 0 radical (unpaired) electrons. The lowest BCUT2D eigenvalue weighted by atomic mass is 9.78. The minimum absolute atomic E-state index is 0.485. The quantitative estimate of drug-likeness (QED) is 0.783. The Bertz CT molecular complexity index is 655. The summed E-state index contributed by atoms with van der Waals surface area (Å²) in [5, 5.41) is 0. The average Bonchev–Trinajstić information content (AvgIpc) is 2.69. The number of fused-ring (bicyclic) bond motifs is 1. The molecular formula is C15H21N3S. The van der Waals surface area contributed by atoms with Crippen molar-refractivity contribution >= 4 is 23.4 Å². The fourth-order valence-electron chi connectivity index (χ4n) is 3.32. The minimum Gasteiger partial charge on any atom is -0.329 e. The molecule has 19 heavy (non-hydrogen) atoms. The number of nitrogens with zero attached hydrogens (tertiary/aromatic N) is 2. The summed E-state index contributed by atoms with van der Waals surface area (Å²) in [5.41, 5.74) is 3.13. The maximum atomic E-state index is 5.54. The monoisotopic (exact) mass is 275 g/mol. The summed E-state index contributed by atoms with van der Waals surface area (Å²) in [7, 11) is 0. The van der Waals surface area contributed by atoms with E-state index in [4.69, 9.17) is 17.2 Å². The van der Waals surface area contributed by atoms with Gasteiger partial charge in [0.15, 0.2) is 10.4 Å². The molecule has 2 aromatic rings. The van der Waals surface area contributed by atoms with Crippen LogP contribution in [0.5, 0.6) is 0 Å². The number of aryl methyl sites for hydroxylation is 1. The van der Waals surface area contributed by atoms with Crippen LogP contribution in [0.2, 0.25) is 0 Å². The Balaban J connectivity index is 2.16. The second kappa shape index (κ2) is 4.75. The van der Waals surface area contributed by atoms with Crippen molar-refractivity contribution in [2.24, 2.45) is 11.8 Å². The van der Waals surface area contributed by atoms with Crippen molar-refractivity contribution in [1.29, 1.82) is 0 Å². The molecule has 1 aliphatic carbocycles. The van der Waals surface area contributed by atoms with Crippen molar-refractivity contribution in [3.8, 4) is 0 Å². The van der Waals surface area contributed by atoms with Crippen LogP contribution in [0, 0.1) is 23.5 Å². The normalized spacial score (nSPS) is 27.8. The molecule has 2 aromatic heterocycles. The van der Waals surface area contributed by atoms with Gasteiger partial charge in [-0.05, 0) is 49.5 Å². The van der Waals surface area contributed by atoms with Crippen LogP contribution in [0.3, 0.4) is 0 Å². The van der Waals surface area contributed by atoms with Crippen LogP contribution in [0.25, 0.3) is 11.2 Å². The highest BCUT2D eigenvalue weighted by Crippen LogP contribution is 2.39. The first kappa shape index (κ1) is 12.9. The van der Waals surface area contributed by atoms with Gasteiger partial charge in [-0.1, -0.05) is 26.7 Å². The molecule has 3 nitrogen and oxygen atoms in total. The third-order valence-corrected chi connectivity index (χ3v) is 5.00. The van der Waals surface area contributed by atoms with E-state index in [2.05, 4.69) is 29.5 Å². The molecule has 2 heterocycles. The summed E-state index contributed by atoms with van der Waals surface area (Å²) in [4.78, 5) is 8.00. The van der Waals surface area contributed by atoms with E-state index in [1.165, 1.54) is 19.3 Å². The molecule has 0 aliphatic heterocycles. The number of hydrogen-bond donors (Lipinski definition) is 1. The molecule has 0 amide bonds. The highest BCUT2D eigenvalue weighted by atomic mass is 32.1. The van der Waals surface area contributed by atoms with E-state index in [9.17, 15) is 0 Å². The van der Waals surface area contributed by atoms with Crippen LogP contribution < -0.4 is 0 Å². The van der Waals surface area contributed by atoms with Gasteiger partial charge in [0.1, 0.15) is 0 Å². The second-order valence-corrected chi connectivity index (χ2v) is 6.35. The average molecular weight is 275 g/mol. The van der Waals surface area contributed by atoms with Gasteiger partial charge in [-0.25, -0.2) is 4.98 Å². The van der Waals surface area contributed by atoms with E-state index >= 15 is 0 Å². The number of nitrogens with one attached hydrogen (secondary N) is 1. The largest absolute Gasteiger partial charge is 0.329 e. The van der Waals surface area contributed by atoms with Gasteiger partial charge in [0, 0.05) is 11.7 Å². The lowest BCUT2D eigenvalue weighted by molar-refractivity contribution is 0.188. The topological polar surface area (TPSA) is 33.6 Å². The summed E-state index contributed by atoms with van der Waals surface area (Å²) in [6.45, 7) is 6.74. The number of H-pyrrole nitrogens is 1. The van der Waals surface area contributed by atoms with Gasteiger partial charge >= 0.3 is 0 Å². The first-order chi connectivity index (χ1) is 9.08. The maximum absolute atomic E-state index is 5.54. The molecule has 3 unspecified atom stereocenters. The summed E-state index contributed by atoms with van der Waals surface area (Å²) in [6.07, 6.45) is 3.83. The third-order valence-electron chi connectivity index (χ3n) is 4.70. The van der Waals surface area contributed by atoms with Crippen molar-refractivity contribution in [2.75, 3.05) is 0 Å². The van der Waals surface area contributed by atoms with E-state index in [0.717, 1.165) is 27.5 Å². The van der Waals surface area contributed by atoms with Gasteiger partial charge in [0.25, 0.3) is 0 Å². The van der Waals surface area contributed by atoms with Crippen LogP contribution in [-0.2, 0) is 0 Å². The molecule has 0 saturated heterocycles. The van der Waals surface area contributed by atoms with E-state index in [-0.39, 0.29) is 0 Å². The van der Waals surface area contributed by atoms with E-state index in [1.807, 2.05) is 13.0 Å². The Hall–Kier alpha value is -1.16. The Morgan fingerprint density at radius 1 is 1.32 bits per heavy atom. The second-order valence-electron chi connectivity index (χ2n) is 5.96. The van der Waals surface area contributed by atoms with Gasteiger partial charge in [-0.15, -0.1) is 0 Å². The van der Waals surface area contributed by atoms with Gasteiger partial charge in [-0.2, -0.15) is 0 Å². The van der Waals surface area contributed by atoms with Crippen molar-refractivity contribution in [3.63, 3.8) is 0 Å². The summed E-state index contributed by atoms with van der Waals surface area (Å²) in [6, 6.07) is 4.60. The molecule has 4 heteroatoms. The summed E-state index contributed by atoms with van der Waals surface area (Å²) < 4.78 is 3.08.